The first kappa shape index (κ1) is 13.1. The van der Waals surface area contributed by atoms with Gasteiger partial charge in [-0.05, 0) is 36.8 Å². The summed E-state index contributed by atoms with van der Waals surface area (Å²) in [4.78, 5) is 11.8. The molecule has 2 rings (SSSR count). The molecule has 1 aromatic rings. The highest BCUT2D eigenvalue weighted by Crippen LogP contribution is 2.30. The van der Waals surface area contributed by atoms with E-state index in [1.165, 1.54) is 12.8 Å². The Morgan fingerprint density at radius 3 is 2.56 bits per heavy atom. The van der Waals surface area contributed by atoms with Gasteiger partial charge in [0.25, 0.3) is 0 Å². The van der Waals surface area contributed by atoms with Gasteiger partial charge in [0.2, 0.25) is 5.91 Å². The highest BCUT2D eigenvalue weighted by molar-refractivity contribution is 5.92. The summed E-state index contributed by atoms with van der Waals surface area (Å²) in [5.74, 6) is 1.46. The summed E-state index contributed by atoms with van der Waals surface area (Å²) >= 11 is 0. The molecule has 1 fully saturated rings. The Hall–Kier alpha value is -1.35. The molecular formula is C15H22N2O. The second-order valence-electron chi connectivity index (χ2n) is 5.32. The average molecular weight is 246 g/mol. The van der Waals surface area contributed by atoms with Crippen molar-refractivity contribution in [3.63, 3.8) is 0 Å². The molecule has 3 atom stereocenters. The number of amides is 1. The standard InChI is InChI=1S/C15H22N2O/c1-11-8-9-14(12(11)2)16-10-15(18)17-13-6-4-3-5-7-13/h3-7,11-12,14,16H,8-10H2,1-2H3,(H,17,18). The number of para-hydroxylation sites is 1. The van der Waals surface area contributed by atoms with Crippen molar-refractivity contribution in [3.05, 3.63) is 30.3 Å². The molecule has 1 saturated carbocycles. The smallest absolute Gasteiger partial charge is 0.238 e. The van der Waals surface area contributed by atoms with Crippen LogP contribution in [0.4, 0.5) is 5.69 Å². The van der Waals surface area contributed by atoms with E-state index in [1.807, 2.05) is 30.3 Å². The number of carbonyl (C=O) groups excluding carboxylic acids is 1. The first-order valence-corrected chi connectivity index (χ1v) is 6.75. The molecular weight excluding hydrogens is 224 g/mol. The molecule has 3 unspecified atom stereocenters. The van der Waals surface area contributed by atoms with Gasteiger partial charge in [-0.1, -0.05) is 32.0 Å². The average Bonchev–Trinajstić information content (AvgIpc) is 2.69. The van der Waals surface area contributed by atoms with Gasteiger partial charge < -0.3 is 10.6 Å². The molecule has 0 bridgehead atoms. The van der Waals surface area contributed by atoms with Gasteiger partial charge in [-0.3, -0.25) is 4.79 Å². The van der Waals surface area contributed by atoms with Crippen molar-refractivity contribution in [2.45, 2.75) is 32.7 Å². The van der Waals surface area contributed by atoms with Gasteiger partial charge in [-0.15, -0.1) is 0 Å². The number of rotatable bonds is 4. The zero-order valence-corrected chi connectivity index (χ0v) is 11.1. The molecule has 2 N–H and O–H groups in total. The lowest BCUT2D eigenvalue weighted by Gasteiger charge is -2.19. The van der Waals surface area contributed by atoms with Gasteiger partial charge in [0.15, 0.2) is 0 Å². The van der Waals surface area contributed by atoms with E-state index in [1.54, 1.807) is 0 Å². The predicted molar refractivity (Wildman–Crippen MR) is 74.4 cm³/mol. The van der Waals surface area contributed by atoms with Crippen LogP contribution in [0.2, 0.25) is 0 Å². The van der Waals surface area contributed by atoms with Crippen molar-refractivity contribution >= 4 is 11.6 Å². The summed E-state index contributed by atoms with van der Waals surface area (Å²) < 4.78 is 0. The second kappa shape index (κ2) is 6.01. The number of carbonyl (C=O) groups is 1. The Morgan fingerprint density at radius 2 is 1.94 bits per heavy atom. The molecule has 1 aliphatic carbocycles. The van der Waals surface area contributed by atoms with Gasteiger partial charge in [-0.25, -0.2) is 0 Å². The molecule has 3 heteroatoms. The lowest BCUT2D eigenvalue weighted by atomic mass is 9.98. The summed E-state index contributed by atoms with van der Waals surface area (Å²) in [7, 11) is 0. The van der Waals surface area contributed by atoms with Gasteiger partial charge in [-0.2, -0.15) is 0 Å². The van der Waals surface area contributed by atoms with E-state index in [0.717, 1.165) is 11.6 Å². The third kappa shape index (κ3) is 3.33. The summed E-state index contributed by atoms with van der Waals surface area (Å²) in [6.45, 7) is 4.96. The number of anilines is 1. The quantitative estimate of drug-likeness (QED) is 0.857. The third-order valence-electron chi connectivity index (χ3n) is 4.05. The summed E-state index contributed by atoms with van der Waals surface area (Å²) in [6, 6.07) is 10.1. The highest BCUT2D eigenvalue weighted by atomic mass is 16.1. The molecule has 0 heterocycles. The van der Waals surface area contributed by atoms with E-state index in [2.05, 4.69) is 24.5 Å². The first-order chi connectivity index (χ1) is 8.66. The van der Waals surface area contributed by atoms with E-state index in [-0.39, 0.29) is 5.91 Å². The third-order valence-corrected chi connectivity index (χ3v) is 4.05. The number of hydrogen-bond donors (Lipinski definition) is 2. The van der Waals surface area contributed by atoms with Crippen LogP contribution in [0, 0.1) is 11.8 Å². The van der Waals surface area contributed by atoms with Crippen LogP contribution < -0.4 is 10.6 Å². The van der Waals surface area contributed by atoms with Crippen molar-refractivity contribution in [2.75, 3.05) is 11.9 Å². The largest absolute Gasteiger partial charge is 0.325 e. The monoisotopic (exact) mass is 246 g/mol. The fraction of sp³-hybridized carbons (Fsp3) is 0.533. The minimum absolute atomic E-state index is 0.0351. The van der Waals surface area contributed by atoms with Crippen LogP contribution in [0.25, 0.3) is 0 Å². The first-order valence-electron chi connectivity index (χ1n) is 6.75. The molecule has 98 valence electrons. The molecule has 1 aliphatic rings. The van der Waals surface area contributed by atoms with Crippen molar-refractivity contribution in [1.29, 1.82) is 0 Å². The summed E-state index contributed by atoms with van der Waals surface area (Å²) in [5, 5.41) is 6.26. The van der Waals surface area contributed by atoms with Crippen LogP contribution >= 0.6 is 0 Å². The minimum atomic E-state index is 0.0351. The molecule has 3 nitrogen and oxygen atoms in total. The zero-order valence-electron chi connectivity index (χ0n) is 11.1. The van der Waals surface area contributed by atoms with Crippen molar-refractivity contribution in [2.24, 2.45) is 11.8 Å². The molecule has 0 saturated heterocycles. The maximum Gasteiger partial charge on any atom is 0.238 e. The van der Waals surface area contributed by atoms with Gasteiger partial charge in [0.1, 0.15) is 0 Å². The van der Waals surface area contributed by atoms with E-state index in [4.69, 9.17) is 0 Å². The van der Waals surface area contributed by atoms with Crippen LogP contribution in [-0.4, -0.2) is 18.5 Å². The second-order valence-corrected chi connectivity index (χ2v) is 5.32. The molecule has 0 radical (unpaired) electrons. The number of nitrogens with one attached hydrogen (secondary N) is 2. The molecule has 0 aromatic heterocycles. The number of benzene rings is 1. The van der Waals surface area contributed by atoms with Crippen LogP contribution in [0.5, 0.6) is 0 Å². The normalized spacial score (nSPS) is 27.1. The maximum atomic E-state index is 11.8. The predicted octanol–water partition coefficient (Wildman–Crippen LogP) is 2.65. The fourth-order valence-corrected chi connectivity index (χ4v) is 2.60. The minimum Gasteiger partial charge on any atom is -0.325 e. The van der Waals surface area contributed by atoms with Crippen molar-refractivity contribution in [3.8, 4) is 0 Å². The summed E-state index contributed by atoms with van der Waals surface area (Å²) in [6.07, 6.45) is 2.44. The number of hydrogen-bond acceptors (Lipinski definition) is 2. The van der Waals surface area contributed by atoms with Gasteiger partial charge in [0.05, 0.1) is 6.54 Å². The van der Waals surface area contributed by atoms with Crippen molar-refractivity contribution < 1.29 is 4.79 Å². The molecule has 1 amide bonds. The van der Waals surface area contributed by atoms with Crippen LogP contribution in [0.1, 0.15) is 26.7 Å². The van der Waals surface area contributed by atoms with E-state index in [0.29, 0.717) is 18.5 Å². The zero-order chi connectivity index (χ0) is 13.0. The Kier molecular flexibility index (Phi) is 4.37. The molecule has 1 aromatic carbocycles. The lowest BCUT2D eigenvalue weighted by Crippen LogP contribution is -2.38. The van der Waals surface area contributed by atoms with Gasteiger partial charge in [0, 0.05) is 11.7 Å². The lowest BCUT2D eigenvalue weighted by molar-refractivity contribution is -0.115. The Morgan fingerprint density at radius 1 is 1.22 bits per heavy atom. The van der Waals surface area contributed by atoms with E-state index < -0.39 is 0 Å². The SMILES string of the molecule is CC1CCC(NCC(=O)Nc2ccccc2)C1C. The Labute approximate surface area is 109 Å². The van der Waals surface area contributed by atoms with Crippen LogP contribution in [0.15, 0.2) is 30.3 Å². The topological polar surface area (TPSA) is 41.1 Å². The van der Waals surface area contributed by atoms with Crippen molar-refractivity contribution in [1.82, 2.24) is 5.32 Å². The highest BCUT2D eigenvalue weighted by Gasteiger charge is 2.29. The fourth-order valence-electron chi connectivity index (χ4n) is 2.60. The molecule has 0 aliphatic heterocycles. The van der Waals surface area contributed by atoms with Crippen LogP contribution in [-0.2, 0) is 4.79 Å². The molecule has 0 spiro atoms. The maximum absolute atomic E-state index is 11.8. The summed E-state index contributed by atoms with van der Waals surface area (Å²) in [5.41, 5.74) is 0.858. The molecule has 18 heavy (non-hydrogen) atoms. The van der Waals surface area contributed by atoms with Gasteiger partial charge >= 0.3 is 0 Å². The van der Waals surface area contributed by atoms with E-state index in [9.17, 15) is 4.79 Å². The van der Waals surface area contributed by atoms with Crippen LogP contribution in [0.3, 0.4) is 0 Å². The Balaban J connectivity index is 1.76. The van der Waals surface area contributed by atoms with E-state index >= 15 is 0 Å². The Bertz CT molecular complexity index is 391.